The van der Waals surface area contributed by atoms with Gasteiger partial charge in [-0.05, 0) is 36.4 Å². The largest absolute Gasteiger partial charge is 0.267 e. The maximum absolute atomic E-state index is 5.22. The molecule has 0 radical (unpaired) electrons. The van der Waals surface area contributed by atoms with E-state index < -0.39 is 0 Å². The third-order valence-corrected chi connectivity index (χ3v) is 3.86. The van der Waals surface area contributed by atoms with Crippen LogP contribution in [-0.2, 0) is 0 Å². The average molecular weight is 267 g/mol. The van der Waals surface area contributed by atoms with Crippen LogP contribution in [0.1, 0.15) is 11.1 Å². The van der Waals surface area contributed by atoms with Gasteiger partial charge in [0.1, 0.15) is 4.64 Å². The number of H-pyrrole nitrogens is 1. The Kier molecular flexibility index (Phi) is 2.87. The smallest absolute Gasteiger partial charge is 0.122 e. The highest BCUT2D eigenvalue weighted by Crippen LogP contribution is 2.29. The monoisotopic (exact) mass is 267 g/mol. The summed E-state index contributed by atoms with van der Waals surface area (Å²) in [6.07, 6.45) is 3.67. The molecule has 2 aromatic heterocycles. The zero-order valence-electron chi connectivity index (χ0n) is 10.8. The lowest BCUT2D eigenvalue weighted by molar-refractivity contribution is 0.988. The second-order valence-electron chi connectivity index (χ2n) is 4.55. The van der Waals surface area contributed by atoms with Crippen LogP contribution in [0.5, 0.6) is 0 Å². The lowest BCUT2D eigenvalue weighted by atomic mass is 9.99. The molecular formula is C15H13N3S. The predicted molar refractivity (Wildman–Crippen MR) is 79.6 cm³/mol. The van der Waals surface area contributed by atoms with E-state index in [-0.39, 0.29) is 0 Å². The molecule has 94 valence electrons. The van der Waals surface area contributed by atoms with Crippen LogP contribution in [0.4, 0.5) is 0 Å². The molecule has 0 saturated heterocycles. The molecule has 3 rings (SSSR count). The van der Waals surface area contributed by atoms with E-state index in [1.807, 2.05) is 25.3 Å². The first-order valence-electron chi connectivity index (χ1n) is 6.07. The number of hydrogen-bond donors (Lipinski definition) is 1. The quantitative estimate of drug-likeness (QED) is 0.678. The summed E-state index contributed by atoms with van der Waals surface area (Å²) in [6, 6.07) is 8.17. The molecule has 0 unspecified atom stereocenters. The minimum absolute atomic E-state index is 0.697. The molecule has 0 aliphatic rings. The van der Waals surface area contributed by atoms with E-state index in [1.54, 1.807) is 6.20 Å². The number of pyridine rings is 1. The molecule has 0 fully saturated rings. The Morgan fingerprint density at radius 3 is 2.79 bits per heavy atom. The van der Waals surface area contributed by atoms with Crippen LogP contribution in [-0.4, -0.2) is 15.2 Å². The first-order valence-corrected chi connectivity index (χ1v) is 6.48. The van der Waals surface area contributed by atoms with Gasteiger partial charge in [0.05, 0.1) is 5.69 Å². The highest BCUT2D eigenvalue weighted by atomic mass is 32.1. The van der Waals surface area contributed by atoms with Gasteiger partial charge >= 0.3 is 0 Å². The molecule has 4 heteroatoms. The van der Waals surface area contributed by atoms with E-state index in [9.17, 15) is 0 Å². The lowest BCUT2D eigenvalue weighted by Crippen LogP contribution is -1.97. The van der Waals surface area contributed by atoms with Gasteiger partial charge in [-0.3, -0.25) is 10.1 Å². The van der Waals surface area contributed by atoms with E-state index in [4.69, 9.17) is 12.2 Å². The van der Waals surface area contributed by atoms with Crippen molar-refractivity contribution in [1.82, 2.24) is 15.2 Å². The SMILES string of the molecule is Cc1c(-c2cccc3cnccc23)n[nH]c(=S)c1C. The van der Waals surface area contributed by atoms with Crippen molar-refractivity contribution in [1.29, 1.82) is 0 Å². The zero-order chi connectivity index (χ0) is 13.4. The van der Waals surface area contributed by atoms with E-state index in [1.165, 1.54) is 0 Å². The Morgan fingerprint density at radius 1 is 1.11 bits per heavy atom. The molecule has 0 amide bonds. The Morgan fingerprint density at radius 2 is 1.95 bits per heavy atom. The predicted octanol–water partition coefficient (Wildman–Crippen LogP) is 3.97. The summed E-state index contributed by atoms with van der Waals surface area (Å²) < 4.78 is 0.697. The first kappa shape index (κ1) is 12.0. The summed E-state index contributed by atoms with van der Waals surface area (Å²) in [6.45, 7) is 4.08. The average Bonchev–Trinajstić information content (AvgIpc) is 2.45. The topological polar surface area (TPSA) is 41.6 Å². The molecule has 2 heterocycles. The van der Waals surface area contributed by atoms with Gasteiger partial charge in [-0.15, -0.1) is 0 Å². The van der Waals surface area contributed by atoms with Gasteiger partial charge in [-0.1, -0.05) is 30.4 Å². The molecule has 0 atom stereocenters. The third-order valence-electron chi connectivity index (χ3n) is 3.46. The van der Waals surface area contributed by atoms with Crippen molar-refractivity contribution in [2.45, 2.75) is 13.8 Å². The Balaban J connectivity index is 2.37. The summed E-state index contributed by atoms with van der Waals surface area (Å²) in [7, 11) is 0. The summed E-state index contributed by atoms with van der Waals surface area (Å²) in [5, 5.41) is 9.59. The summed E-state index contributed by atoms with van der Waals surface area (Å²) >= 11 is 5.22. The molecule has 0 saturated carbocycles. The van der Waals surface area contributed by atoms with Crippen LogP contribution in [0.3, 0.4) is 0 Å². The van der Waals surface area contributed by atoms with Crippen LogP contribution < -0.4 is 0 Å². The van der Waals surface area contributed by atoms with Crippen LogP contribution in [0.25, 0.3) is 22.0 Å². The summed E-state index contributed by atoms with van der Waals surface area (Å²) in [5.74, 6) is 0. The molecule has 3 nitrogen and oxygen atoms in total. The van der Waals surface area contributed by atoms with Crippen molar-refractivity contribution >= 4 is 23.0 Å². The third kappa shape index (κ3) is 1.94. The molecular weight excluding hydrogens is 254 g/mol. The Bertz CT molecular complexity index is 816. The highest BCUT2D eigenvalue weighted by Gasteiger charge is 2.10. The number of aromatic nitrogens is 3. The zero-order valence-corrected chi connectivity index (χ0v) is 11.6. The van der Waals surface area contributed by atoms with Crippen molar-refractivity contribution in [3.63, 3.8) is 0 Å². The Hall–Kier alpha value is -2.07. The van der Waals surface area contributed by atoms with Gasteiger partial charge in [0.15, 0.2) is 0 Å². The Labute approximate surface area is 116 Å². The second-order valence-corrected chi connectivity index (χ2v) is 4.96. The van der Waals surface area contributed by atoms with Crippen molar-refractivity contribution in [2.24, 2.45) is 0 Å². The minimum Gasteiger partial charge on any atom is -0.267 e. The van der Waals surface area contributed by atoms with Gasteiger partial charge in [-0.2, -0.15) is 5.10 Å². The molecule has 0 spiro atoms. The van der Waals surface area contributed by atoms with Gasteiger partial charge in [0, 0.05) is 23.3 Å². The molecule has 0 aliphatic carbocycles. The van der Waals surface area contributed by atoms with Crippen LogP contribution >= 0.6 is 12.2 Å². The summed E-state index contributed by atoms with van der Waals surface area (Å²) in [4.78, 5) is 4.16. The fourth-order valence-corrected chi connectivity index (χ4v) is 2.41. The van der Waals surface area contributed by atoms with Crippen molar-refractivity contribution < 1.29 is 0 Å². The first-order chi connectivity index (χ1) is 9.18. The lowest BCUT2D eigenvalue weighted by Gasteiger charge is -2.10. The fraction of sp³-hybridized carbons (Fsp3) is 0.133. The number of benzene rings is 1. The molecule has 1 N–H and O–H groups in total. The van der Waals surface area contributed by atoms with Crippen molar-refractivity contribution in [3.05, 3.63) is 52.4 Å². The number of nitrogens with zero attached hydrogens (tertiary/aromatic N) is 2. The van der Waals surface area contributed by atoms with E-state index in [2.05, 4.69) is 34.2 Å². The van der Waals surface area contributed by atoms with Crippen molar-refractivity contribution in [2.75, 3.05) is 0 Å². The number of rotatable bonds is 1. The molecule has 0 bridgehead atoms. The van der Waals surface area contributed by atoms with E-state index in [0.29, 0.717) is 4.64 Å². The molecule has 3 aromatic rings. The fourth-order valence-electron chi connectivity index (χ4n) is 2.21. The number of nitrogens with one attached hydrogen (secondary N) is 1. The van der Waals surface area contributed by atoms with Crippen LogP contribution in [0.2, 0.25) is 0 Å². The standard InChI is InChI=1S/C15H13N3S/c1-9-10(2)15(19)18-17-14(9)13-5-3-4-11-8-16-7-6-12(11)13/h3-8H,1-2H3,(H,18,19). The van der Waals surface area contributed by atoms with Crippen LogP contribution in [0.15, 0.2) is 36.7 Å². The van der Waals surface area contributed by atoms with Crippen molar-refractivity contribution in [3.8, 4) is 11.3 Å². The number of fused-ring (bicyclic) bond motifs is 1. The van der Waals surface area contributed by atoms with Gasteiger partial charge in [0.2, 0.25) is 0 Å². The number of aromatic amines is 1. The molecule has 0 aliphatic heterocycles. The second kappa shape index (κ2) is 4.55. The van der Waals surface area contributed by atoms with E-state index >= 15 is 0 Å². The van der Waals surface area contributed by atoms with Gasteiger partial charge < -0.3 is 0 Å². The normalized spacial score (nSPS) is 10.8. The molecule has 1 aromatic carbocycles. The van der Waals surface area contributed by atoms with E-state index in [0.717, 1.165) is 33.2 Å². The van der Waals surface area contributed by atoms with Gasteiger partial charge in [-0.25, -0.2) is 0 Å². The molecule has 19 heavy (non-hydrogen) atoms. The number of hydrogen-bond acceptors (Lipinski definition) is 3. The maximum atomic E-state index is 5.22. The summed E-state index contributed by atoms with van der Waals surface area (Å²) in [5.41, 5.74) is 4.24. The minimum atomic E-state index is 0.697. The maximum Gasteiger partial charge on any atom is 0.122 e. The van der Waals surface area contributed by atoms with Gasteiger partial charge in [0.25, 0.3) is 0 Å². The van der Waals surface area contributed by atoms with Crippen LogP contribution in [0, 0.1) is 18.5 Å². The highest BCUT2D eigenvalue weighted by molar-refractivity contribution is 7.71.